The molecule has 6 nitrogen and oxygen atoms in total. The molecule has 2 unspecified atom stereocenters. The number of nitrogens with one attached hydrogen (secondary N) is 1. The number of carbonyl (C=O) groups is 2. The van der Waals surface area contributed by atoms with E-state index in [-0.39, 0.29) is 25.2 Å². The second-order valence-electron chi connectivity index (χ2n) is 5.96. The lowest BCUT2D eigenvalue weighted by Crippen LogP contribution is -2.49. The lowest BCUT2D eigenvalue weighted by molar-refractivity contribution is -0.274. The quantitative estimate of drug-likeness (QED) is 0.804. The molecule has 1 amide bonds. The Balaban J connectivity index is 1.96. The normalized spacial score (nSPS) is 26.5. The van der Waals surface area contributed by atoms with E-state index in [0.717, 1.165) is 17.0 Å². The van der Waals surface area contributed by atoms with E-state index in [1.165, 1.54) is 6.07 Å². The number of rotatable bonds is 3. The van der Waals surface area contributed by atoms with Gasteiger partial charge in [-0.05, 0) is 18.7 Å². The summed E-state index contributed by atoms with van der Waals surface area (Å²) < 4.78 is 56.2. The largest absolute Gasteiger partial charge is 0.573 e. The van der Waals surface area contributed by atoms with Crippen LogP contribution in [0.1, 0.15) is 16.8 Å². The Bertz CT molecular complexity index is 724. The molecule has 0 bridgehead atoms. The third-order valence-corrected chi connectivity index (χ3v) is 4.44. The number of anilines is 1. The molecule has 10 heteroatoms. The molecule has 0 aromatic heterocycles. The number of halogens is 4. The monoisotopic (exact) mass is 362 g/mol. The van der Waals surface area contributed by atoms with E-state index >= 15 is 0 Å². The van der Waals surface area contributed by atoms with Gasteiger partial charge in [0.2, 0.25) is 0 Å². The zero-order valence-electron chi connectivity index (χ0n) is 12.8. The standard InChI is InChI=1S/C15H14F4N2O4/c16-14-3-4-20-6-8(14)7-21(13(14)24)9-1-2-10(12(22)23)11(5-9)25-15(17,18)19/h1-2,5,8,20H,3-4,6-7H2,(H,22,23). The molecular weight excluding hydrogens is 348 g/mol. The van der Waals surface area contributed by atoms with Gasteiger partial charge in [-0.2, -0.15) is 0 Å². The van der Waals surface area contributed by atoms with Gasteiger partial charge in [-0.15, -0.1) is 13.2 Å². The number of hydrogen-bond acceptors (Lipinski definition) is 4. The molecule has 2 atom stereocenters. The topological polar surface area (TPSA) is 78.9 Å². The van der Waals surface area contributed by atoms with Crippen molar-refractivity contribution in [2.45, 2.75) is 18.5 Å². The van der Waals surface area contributed by atoms with Crippen molar-refractivity contribution in [3.8, 4) is 5.75 Å². The summed E-state index contributed by atoms with van der Waals surface area (Å²) in [7, 11) is 0. The fraction of sp³-hybridized carbons (Fsp3) is 0.467. The van der Waals surface area contributed by atoms with Crippen LogP contribution in [0.2, 0.25) is 0 Å². The van der Waals surface area contributed by atoms with E-state index in [0.29, 0.717) is 6.54 Å². The molecule has 2 saturated heterocycles. The zero-order chi connectivity index (χ0) is 18.4. The summed E-state index contributed by atoms with van der Waals surface area (Å²) in [4.78, 5) is 24.5. The van der Waals surface area contributed by atoms with Crippen molar-refractivity contribution in [2.24, 2.45) is 5.92 Å². The van der Waals surface area contributed by atoms with Crippen molar-refractivity contribution in [2.75, 3.05) is 24.5 Å². The number of aromatic carboxylic acids is 1. The van der Waals surface area contributed by atoms with Gasteiger partial charge in [0.15, 0.2) is 5.67 Å². The smallest absolute Gasteiger partial charge is 0.478 e. The Kier molecular flexibility index (Phi) is 4.10. The van der Waals surface area contributed by atoms with Crippen LogP contribution in [0.25, 0.3) is 0 Å². The molecule has 2 aliphatic rings. The van der Waals surface area contributed by atoms with E-state index in [2.05, 4.69) is 10.1 Å². The van der Waals surface area contributed by atoms with Gasteiger partial charge in [0.25, 0.3) is 5.91 Å². The maximum absolute atomic E-state index is 14.9. The Hall–Kier alpha value is -2.36. The minimum atomic E-state index is -5.10. The molecular formula is C15H14F4N2O4. The molecule has 25 heavy (non-hydrogen) atoms. The number of piperidine rings is 1. The van der Waals surface area contributed by atoms with Crippen molar-refractivity contribution in [1.82, 2.24) is 5.32 Å². The van der Waals surface area contributed by atoms with E-state index in [4.69, 9.17) is 5.11 Å². The molecule has 0 saturated carbocycles. The van der Waals surface area contributed by atoms with Crippen molar-refractivity contribution >= 4 is 17.6 Å². The summed E-state index contributed by atoms with van der Waals surface area (Å²) in [5.74, 6) is -4.02. The van der Waals surface area contributed by atoms with E-state index in [1.54, 1.807) is 0 Å². The summed E-state index contributed by atoms with van der Waals surface area (Å²) in [6.45, 7) is 0.588. The first-order chi connectivity index (χ1) is 11.6. The average molecular weight is 362 g/mol. The van der Waals surface area contributed by atoms with E-state index < -0.39 is 41.1 Å². The second-order valence-corrected chi connectivity index (χ2v) is 5.96. The van der Waals surface area contributed by atoms with E-state index in [9.17, 15) is 27.2 Å². The summed E-state index contributed by atoms with van der Waals surface area (Å²) in [5, 5.41) is 12.0. The third kappa shape index (κ3) is 3.13. The van der Waals surface area contributed by atoms with Crippen molar-refractivity contribution in [1.29, 1.82) is 0 Å². The van der Waals surface area contributed by atoms with Crippen molar-refractivity contribution in [3.05, 3.63) is 23.8 Å². The predicted molar refractivity (Wildman–Crippen MR) is 77.3 cm³/mol. The highest BCUT2D eigenvalue weighted by Gasteiger charge is 2.56. The van der Waals surface area contributed by atoms with Crippen LogP contribution >= 0.6 is 0 Å². The van der Waals surface area contributed by atoms with Crippen LogP contribution in [0, 0.1) is 5.92 Å². The van der Waals surface area contributed by atoms with Crippen molar-refractivity contribution in [3.63, 3.8) is 0 Å². The van der Waals surface area contributed by atoms with Crippen LogP contribution in [0.3, 0.4) is 0 Å². The van der Waals surface area contributed by atoms with Gasteiger partial charge in [-0.1, -0.05) is 0 Å². The van der Waals surface area contributed by atoms with Crippen LogP contribution in [0.5, 0.6) is 5.75 Å². The SMILES string of the molecule is O=C(O)c1ccc(N2CC3CNCCC3(F)C2=O)cc1OC(F)(F)F. The van der Waals surface area contributed by atoms with Crippen molar-refractivity contribution < 1.29 is 37.0 Å². The summed E-state index contributed by atoms with van der Waals surface area (Å²) in [6.07, 6.45) is -5.12. The van der Waals surface area contributed by atoms with Gasteiger partial charge < -0.3 is 20.1 Å². The summed E-state index contributed by atoms with van der Waals surface area (Å²) in [5.41, 5.74) is -2.82. The molecule has 2 fully saturated rings. The second kappa shape index (κ2) is 5.87. The van der Waals surface area contributed by atoms with Crippen LogP contribution in [-0.4, -0.2) is 48.6 Å². The van der Waals surface area contributed by atoms with Gasteiger partial charge in [-0.25, -0.2) is 9.18 Å². The summed E-state index contributed by atoms with van der Waals surface area (Å²) >= 11 is 0. The number of hydrogen-bond donors (Lipinski definition) is 2. The molecule has 1 aromatic rings. The maximum atomic E-state index is 14.9. The highest BCUT2D eigenvalue weighted by molar-refractivity contribution is 6.03. The van der Waals surface area contributed by atoms with Gasteiger partial charge in [0.1, 0.15) is 11.3 Å². The lowest BCUT2D eigenvalue weighted by atomic mass is 9.86. The number of carboxylic acids is 1. The zero-order valence-corrected chi connectivity index (χ0v) is 12.8. The fourth-order valence-corrected chi connectivity index (χ4v) is 3.22. The molecule has 3 rings (SSSR count). The van der Waals surface area contributed by atoms with Crippen LogP contribution in [0.4, 0.5) is 23.2 Å². The summed E-state index contributed by atoms with van der Waals surface area (Å²) in [6, 6.07) is 2.86. The number of carbonyl (C=O) groups excluding carboxylic acids is 1. The molecule has 0 aliphatic carbocycles. The number of fused-ring (bicyclic) bond motifs is 1. The van der Waals surface area contributed by atoms with Crippen LogP contribution in [-0.2, 0) is 4.79 Å². The first kappa shape index (κ1) is 17.5. The van der Waals surface area contributed by atoms with Gasteiger partial charge in [0.05, 0.1) is 0 Å². The Morgan fingerprint density at radius 1 is 1.40 bits per heavy atom. The molecule has 1 aromatic carbocycles. The van der Waals surface area contributed by atoms with E-state index in [1.807, 2.05) is 0 Å². The average Bonchev–Trinajstić information content (AvgIpc) is 2.77. The molecule has 0 radical (unpaired) electrons. The van der Waals surface area contributed by atoms with Gasteiger partial charge in [-0.3, -0.25) is 4.79 Å². The Morgan fingerprint density at radius 2 is 2.12 bits per heavy atom. The molecule has 2 N–H and O–H groups in total. The molecule has 0 spiro atoms. The molecule has 136 valence electrons. The number of benzene rings is 1. The minimum Gasteiger partial charge on any atom is -0.478 e. The third-order valence-electron chi connectivity index (χ3n) is 4.44. The van der Waals surface area contributed by atoms with Gasteiger partial charge >= 0.3 is 12.3 Å². The molecule has 2 aliphatic heterocycles. The minimum absolute atomic E-state index is 0.0137. The first-order valence-electron chi connectivity index (χ1n) is 7.46. The Labute approximate surface area is 139 Å². The first-order valence-corrected chi connectivity index (χ1v) is 7.46. The number of ether oxygens (including phenoxy) is 1. The lowest BCUT2D eigenvalue weighted by Gasteiger charge is -2.29. The predicted octanol–water partition coefficient (Wildman–Crippen LogP) is 1.95. The fourth-order valence-electron chi connectivity index (χ4n) is 3.22. The number of amides is 1. The van der Waals surface area contributed by atoms with Crippen LogP contribution < -0.4 is 15.0 Å². The number of nitrogens with zero attached hydrogens (tertiary/aromatic N) is 1. The molecule has 2 heterocycles. The van der Waals surface area contributed by atoms with Crippen LogP contribution in [0.15, 0.2) is 18.2 Å². The highest BCUT2D eigenvalue weighted by atomic mass is 19.4. The maximum Gasteiger partial charge on any atom is 0.573 e. The Morgan fingerprint density at radius 3 is 2.72 bits per heavy atom. The highest BCUT2D eigenvalue weighted by Crippen LogP contribution is 2.41. The number of carboxylic acid groups (broad SMARTS) is 1. The number of alkyl halides is 4. The van der Waals surface area contributed by atoms with Gasteiger partial charge in [0, 0.05) is 37.2 Å².